The second-order valence-electron chi connectivity index (χ2n) is 7.89. The Bertz CT molecular complexity index is 659. The van der Waals surface area contributed by atoms with Gasteiger partial charge in [0.05, 0.1) is 0 Å². The molecule has 0 spiro atoms. The second-order valence-corrected chi connectivity index (χ2v) is 7.89. The molecule has 1 N–H and O–H groups in total. The maximum atomic E-state index is 11.5. The monoisotopic (exact) mass is 531 g/mol. The van der Waals surface area contributed by atoms with Gasteiger partial charge in [0.25, 0.3) is 0 Å². The van der Waals surface area contributed by atoms with Crippen LogP contribution < -0.4 is 0 Å². The molecule has 2 rings (SSSR count). The molecule has 26 heavy (non-hydrogen) atoms. The number of ketones is 1. The fraction of sp³-hybridized carbons (Fsp3) is 0.364. The van der Waals surface area contributed by atoms with Crippen molar-refractivity contribution in [1.82, 2.24) is 4.98 Å². The number of hydrogen-bond acceptors (Lipinski definition) is 3. The minimum atomic E-state index is -0.417. The Balaban J connectivity index is 0.000000463. The van der Waals surface area contributed by atoms with Gasteiger partial charge < -0.3 is 10.1 Å². The molecule has 0 amide bonds. The van der Waals surface area contributed by atoms with Crippen LogP contribution in [0.2, 0.25) is 0 Å². The number of nitrogens with zero attached hydrogens (tertiary/aromatic N) is 1. The van der Waals surface area contributed by atoms with Crippen LogP contribution in [0.5, 0.6) is 0 Å². The van der Waals surface area contributed by atoms with Gasteiger partial charge in [-0.15, -0.1) is 35.9 Å². The molecular formula is C22H28IrNO2-. The Morgan fingerprint density at radius 1 is 1.00 bits per heavy atom. The van der Waals surface area contributed by atoms with Crippen molar-refractivity contribution in [3.8, 4) is 11.3 Å². The van der Waals surface area contributed by atoms with E-state index in [1.54, 1.807) is 6.20 Å². The number of benzene rings is 1. The molecule has 0 saturated carbocycles. The van der Waals surface area contributed by atoms with Gasteiger partial charge in [0.1, 0.15) is 5.76 Å². The molecule has 0 saturated heterocycles. The first kappa shape index (κ1) is 24.2. The summed E-state index contributed by atoms with van der Waals surface area (Å²) in [4.78, 5) is 15.7. The van der Waals surface area contributed by atoms with Crippen LogP contribution in [-0.2, 0) is 24.9 Å². The standard InChI is InChI=1S/C11H8N.C11H20O2.Ir/c1-2-6-10(7-3-1)11-8-4-5-9-12-11;1-10(2,3)8(12)7-9(13)11(4,5)6;/h1-6,8-9H;7,12H,1-6H3;/q-1;;. The Kier molecular flexibility index (Phi) is 9.69. The molecule has 1 aromatic heterocycles. The van der Waals surface area contributed by atoms with Crippen molar-refractivity contribution in [2.24, 2.45) is 10.8 Å². The first-order valence-electron chi connectivity index (χ1n) is 8.35. The smallest absolute Gasteiger partial charge is 0.164 e. The summed E-state index contributed by atoms with van der Waals surface area (Å²) in [5, 5.41) is 9.56. The van der Waals surface area contributed by atoms with Crippen LogP contribution >= 0.6 is 0 Å². The summed E-state index contributed by atoms with van der Waals surface area (Å²) in [6.45, 7) is 11.1. The maximum absolute atomic E-state index is 11.5. The average molecular weight is 531 g/mol. The number of aliphatic hydroxyl groups is 1. The minimum Gasteiger partial charge on any atom is -0.512 e. The summed E-state index contributed by atoms with van der Waals surface area (Å²) >= 11 is 0. The predicted molar refractivity (Wildman–Crippen MR) is 103 cm³/mol. The summed E-state index contributed by atoms with van der Waals surface area (Å²) in [7, 11) is 0. The Morgan fingerprint density at radius 3 is 2.04 bits per heavy atom. The Labute approximate surface area is 170 Å². The number of carbonyl (C=O) groups excluding carboxylic acids is 1. The number of carbonyl (C=O) groups is 1. The van der Waals surface area contributed by atoms with Crippen molar-refractivity contribution in [3.05, 3.63) is 66.6 Å². The van der Waals surface area contributed by atoms with E-state index in [9.17, 15) is 9.90 Å². The number of allylic oxidation sites excluding steroid dienone is 2. The van der Waals surface area contributed by atoms with E-state index in [1.165, 1.54) is 6.08 Å². The zero-order chi connectivity index (χ0) is 19.1. The molecule has 1 heterocycles. The average Bonchev–Trinajstić information content (AvgIpc) is 2.55. The van der Waals surface area contributed by atoms with Crippen molar-refractivity contribution in [3.63, 3.8) is 0 Å². The van der Waals surface area contributed by atoms with Gasteiger partial charge in [-0.05, 0) is 11.8 Å². The molecule has 0 bridgehead atoms. The molecule has 2 aromatic rings. The van der Waals surface area contributed by atoms with E-state index in [0.29, 0.717) is 0 Å². The zero-order valence-corrected chi connectivity index (χ0v) is 18.7. The number of rotatable bonds is 2. The van der Waals surface area contributed by atoms with Crippen LogP contribution in [0.4, 0.5) is 0 Å². The van der Waals surface area contributed by atoms with Crippen LogP contribution in [0.1, 0.15) is 41.5 Å². The maximum Gasteiger partial charge on any atom is 0.164 e. The number of aromatic nitrogens is 1. The third-order valence-electron chi connectivity index (χ3n) is 3.43. The first-order chi connectivity index (χ1) is 11.5. The van der Waals surface area contributed by atoms with Gasteiger partial charge >= 0.3 is 0 Å². The van der Waals surface area contributed by atoms with Gasteiger partial charge in [-0.3, -0.25) is 4.79 Å². The fourth-order valence-electron chi connectivity index (χ4n) is 1.63. The van der Waals surface area contributed by atoms with Crippen molar-refractivity contribution in [1.29, 1.82) is 0 Å². The van der Waals surface area contributed by atoms with E-state index in [-0.39, 0.29) is 37.1 Å². The van der Waals surface area contributed by atoms with Crippen molar-refractivity contribution < 1.29 is 30.0 Å². The van der Waals surface area contributed by atoms with Gasteiger partial charge in [0.2, 0.25) is 0 Å². The molecule has 0 aliphatic carbocycles. The summed E-state index contributed by atoms with van der Waals surface area (Å²) in [6.07, 6.45) is 3.12. The van der Waals surface area contributed by atoms with Crippen LogP contribution in [0.15, 0.2) is 60.5 Å². The zero-order valence-electron chi connectivity index (χ0n) is 16.3. The van der Waals surface area contributed by atoms with Gasteiger partial charge in [-0.2, -0.15) is 0 Å². The predicted octanol–water partition coefficient (Wildman–Crippen LogP) is 5.64. The molecular weight excluding hydrogens is 502 g/mol. The third kappa shape index (κ3) is 8.55. The molecule has 143 valence electrons. The number of pyridine rings is 1. The molecule has 0 aliphatic rings. The van der Waals surface area contributed by atoms with Crippen LogP contribution in [-0.4, -0.2) is 15.9 Å². The fourth-order valence-corrected chi connectivity index (χ4v) is 1.63. The number of aliphatic hydroxyl groups excluding tert-OH is 1. The Hall–Kier alpha value is -1.77. The summed E-state index contributed by atoms with van der Waals surface area (Å²) < 4.78 is 0. The van der Waals surface area contributed by atoms with E-state index >= 15 is 0 Å². The van der Waals surface area contributed by atoms with Crippen LogP contribution in [0, 0.1) is 16.9 Å². The van der Waals surface area contributed by atoms with Crippen LogP contribution in [0.3, 0.4) is 0 Å². The van der Waals surface area contributed by atoms with Crippen LogP contribution in [0.25, 0.3) is 11.3 Å². The molecule has 1 aromatic carbocycles. The molecule has 0 fully saturated rings. The number of hydrogen-bond donors (Lipinski definition) is 1. The molecule has 0 aliphatic heterocycles. The van der Waals surface area contributed by atoms with E-state index in [1.807, 2.05) is 84.0 Å². The largest absolute Gasteiger partial charge is 0.512 e. The molecule has 0 unspecified atom stereocenters. The molecule has 3 nitrogen and oxygen atoms in total. The summed E-state index contributed by atoms with van der Waals surface area (Å²) in [5.74, 6) is 0.104. The van der Waals surface area contributed by atoms with E-state index in [0.717, 1.165) is 11.3 Å². The van der Waals surface area contributed by atoms with E-state index in [2.05, 4.69) is 11.1 Å². The summed E-state index contributed by atoms with van der Waals surface area (Å²) in [6, 6.07) is 16.8. The van der Waals surface area contributed by atoms with Crippen molar-refractivity contribution in [2.75, 3.05) is 0 Å². The van der Waals surface area contributed by atoms with Crippen molar-refractivity contribution in [2.45, 2.75) is 41.5 Å². The van der Waals surface area contributed by atoms with E-state index in [4.69, 9.17) is 0 Å². The van der Waals surface area contributed by atoms with E-state index < -0.39 is 5.41 Å². The molecule has 1 radical (unpaired) electrons. The third-order valence-corrected chi connectivity index (χ3v) is 3.43. The van der Waals surface area contributed by atoms with Gasteiger partial charge in [-0.25, -0.2) is 0 Å². The minimum absolute atomic E-state index is 0. The molecule has 0 atom stereocenters. The Morgan fingerprint density at radius 2 is 1.62 bits per heavy atom. The first-order valence-corrected chi connectivity index (χ1v) is 8.35. The molecule has 4 heteroatoms. The topological polar surface area (TPSA) is 50.2 Å². The second kappa shape index (κ2) is 10.4. The SMILES string of the molecule is CC(C)(C)C(=O)C=C(O)C(C)(C)C.[Ir].[c-]1ccccc1-c1ccccn1. The normalized spacial score (nSPS) is 11.7. The summed E-state index contributed by atoms with van der Waals surface area (Å²) in [5.41, 5.74) is 1.25. The van der Waals surface area contributed by atoms with Crippen molar-refractivity contribution >= 4 is 5.78 Å². The van der Waals surface area contributed by atoms with Gasteiger partial charge in [0, 0.05) is 43.2 Å². The van der Waals surface area contributed by atoms with Gasteiger partial charge in [0.15, 0.2) is 5.78 Å². The van der Waals surface area contributed by atoms with Gasteiger partial charge in [-0.1, -0.05) is 53.7 Å². The quantitative estimate of drug-likeness (QED) is 0.311.